The van der Waals surface area contributed by atoms with Gasteiger partial charge in [0.2, 0.25) is 0 Å². The van der Waals surface area contributed by atoms with Crippen LogP contribution in [0.5, 0.6) is 0 Å². The largest absolute Gasteiger partial charge is 0.395 e. The molecule has 0 bridgehead atoms. The predicted octanol–water partition coefficient (Wildman–Crippen LogP) is 1.92. The number of nitrogens with one attached hydrogen (secondary N) is 1. The van der Waals surface area contributed by atoms with E-state index in [1.807, 2.05) is 4.90 Å². The van der Waals surface area contributed by atoms with Crippen LogP contribution in [0.2, 0.25) is 5.15 Å². The summed E-state index contributed by atoms with van der Waals surface area (Å²) in [5.41, 5.74) is 6.08. The number of likely N-dealkylation sites (tertiary alicyclic amines) is 1. The number of amides is 2. The van der Waals surface area contributed by atoms with E-state index in [9.17, 15) is 18.4 Å². The number of aromatic nitrogens is 2. The van der Waals surface area contributed by atoms with Crippen molar-refractivity contribution in [2.24, 2.45) is 0 Å². The van der Waals surface area contributed by atoms with Gasteiger partial charge in [0.25, 0.3) is 11.8 Å². The smallest absolute Gasteiger partial charge is 0.273 e. The second kappa shape index (κ2) is 12.2. The lowest BCUT2D eigenvalue weighted by atomic mass is 9.97. The zero-order valence-corrected chi connectivity index (χ0v) is 21.9. The van der Waals surface area contributed by atoms with Crippen molar-refractivity contribution in [3.8, 4) is 0 Å². The number of aliphatic hydroxyl groups excluding tert-OH is 1. The maximum atomic E-state index is 13.6. The van der Waals surface area contributed by atoms with Crippen LogP contribution in [0.3, 0.4) is 0 Å². The lowest BCUT2D eigenvalue weighted by molar-refractivity contribution is 0.0490. The summed E-state index contributed by atoms with van der Waals surface area (Å²) in [6, 6.07) is 3.72. The Bertz CT molecular complexity index is 1180. The fraction of sp³-hybridized carbons (Fsp3) is 0.520. The highest BCUT2D eigenvalue weighted by Gasteiger charge is 2.35. The van der Waals surface area contributed by atoms with Gasteiger partial charge in [0.1, 0.15) is 0 Å². The normalized spacial score (nSPS) is 19.0. The number of nitrogens with zero attached hydrogens (tertiary/aromatic N) is 5. The van der Waals surface area contributed by atoms with E-state index in [0.29, 0.717) is 32.0 Å². The van der Waals surface area contributed by atoms with Crippen molar-refractivity contribution in [1.82, 2.24) is 25.1 Å². The molecule has 2 saturated heterocycles. The number of carbonyl (C=O) groups is 2. The van der Waals surface area contributed by atoms with Gasteiger partial charge < -0.3 is 26.0 Å². The zero-order chi connectivity index (χ0) is 27.4. The summed E-state index contributed by atoms with van der Waals surface area (Å²) >= 11 is 6.41. The quantitative estimate of drug-likeness (QED) is 0.476. The summed E-state index contributed by atoms with van der Waals surface area (Å²) in [5.74, 6) is -2.46. The SMILES string of the molecule is CC[C@H]1CN(c2nc(N)c(C(=O)NCCO)nc2Cl)CCN1C1CCN(C(=O)c2ccc(F)c(F)c2)CC1. The maximum Gasteiger partial charge on any atom is 0.273 e. The van der Waals surface area contributed by atoms with Crippen LogP contribution in [-0.4, -0.2) is 94.6 Å². The molecule has 4 N–H and O–H groups in total. The Kier molecular flexibility index (Phi) is 8.95. The van der Waals surface area contributed by atoms with E-state index in [1.165, 1.54) is 6.07 Å². The van der Waals surface area contributed by atoms with E-state index in [0.717, 1.165) is 37.9 Å². The van der Waals surface area contributed by atoms with Crippen molar-refractivity contribution in [2.75, 3.05) is 56.5 Å². The number of rotatable bonds is 7. The summed E-state index contributed by atoms with van der Waals surface area (Å²) in [6.07, 6.45) is 2.43. The van der Waals surface area contributed by atoms with E-state index >= 15 is 0 Å². The number of halogens is 3. The molecule has 0 aliphatic carbocycles. The molecule has 2 amide bonds. The molecular weight excluding hydrogens is 520 g/mol. The molecule has 2 fully saturated rings. The number of piperidine rings is 1. The molecule has 0 spiro atoms. The number of carbonyl (C=O) groups excluding carboxylic acids is 2. The molecule has 0 radical (unpaired) electrons. The molecule has 2 aliphatic heterocycles. The second-order valence-corrected chi connectivity index (χ2v) is 9.81. The van der Waals surface area contributed by atoms with Crippen molar-refractivity contribution >= 4 is 35.1 Å². The van der Waals surface area contributed by atoms with Gasteiger partial charge in [-0.1, -0.05) is 18.5 Å². The van der Waals surface area contributed by atoms with Crippen molar-refractivity contribution in [1.29, 1.82) is 0 Å². The molecule has 1 atom stereocenters. The molecule has 4 rings (SSSR count). The lowest BCUT2D eigenvalue weighted by Crippen LogP contribution is -2.58. The molecule has 0 saturated carbocycles. The van der Waals surface area contributed by atoms with Crippen LogP contribution in [-0.2, 0) is 0 Å². The number of nitrogen functional groups attached to an aromatic ring is 1. The van der Waals surface area contributed by atoms with Crippen molar-refractivity contribution in [3.63, 3.8) is 0 Å². The third kappa shape index (κ3) is 5.97. The number of aliphatic hydroxyl groups is 1. The first-order valence-corrected chi connectivity index (χ1v) is 13.1. The number of benzene rings is 1. The highest BCUT2D eigenvalue weighted by atomic mass is 35.5. The number of nitrogens with two attached hydrogens (primary N) is 1. The van der Waals surface area contributed by atoms with Gasteiger partial charge in [0, 0.05) is 56.9 Å². The average molecular weight is 552 g/mol. The Hall–Kier alpha value is -3.09. The van der Waals surface area contributed by atoms with E-state index in [1.54, 1.807) is 4.90 Å². The summed E-state index contributed by atoms with van der Waals surface area (Å²) < 4.78 is 26.8. The topological polar surface area (TPSA) is 128 Å². The molecule has 2 aromatic rings. The molecular formula is C25H32ClF2N7O3. The van der Waals surface area contributed by atoms with Crippen LogP contribution in [0, 0.1) is 11.6 Å². The van der Waals surface area contributed by atoms with Gasteiger partial charge in [0.15, 0.2) is 34.1 Å². The fourth-order valence-corrected chi connectivity index (χ4v) is 5.40. The molecule has 13 heteroatoms. The van der Waals surface area contributed by atoms with Gasteiger partial charge in [0.05, 0.1) is 6.61 Å². The van der Waals surface area contributed by atoms with Gasteiger partial charge in [-0.2, -0.15) is 0 Å². The third-order valence-corrected chi connectivity index (χ3v) is 7.42. The molecule has 0 unspecified atom stereocenters. The van der Waals surface area contributed by atoms with Crippen molar-refractivity contribution in [3.05, 3.63) is 46.2 Å². The molecule has 1 aromatic carbocycles. The minimum absolute atomic E-state index is 0.0339. The Labute approximate surface area is 224 Å². The first kappa shape index (κ1) is 27.9. The summed E-state index contributed by atoms with van der Waals surface area (Å²) in [4.78, 5) is 39.7. The first-order chi connectivity index (χ1) is 18.2. The summed E-state index contributed by atoms with van der Waals surface area (Å²) in [6.45, 7) is 5.06. The standard InChI is InChI=1S/C25H32ClF2N7O3/c1-2-16-14-34(23-21(26)31-20(22(29)32-23)24(37)30-7-12-36)10-11-35(16)17-5-8-33(9-6-17)25(38)15-3-4-18(27)19(28)13-15/h3-4,13,16-17,36H,2,5-12,14H2,1H3,(H2,29,32)(H,30,37)/t16-/m0/s1. The van der Waals surface area contributed by atoms with Crippen molar-refractivity contribution < 1.29 is 23.5 Å². The first-order valence-electron chi connectivity index (χ1n) is 12.7. The zero-order valence-electron chi connectivity index (χ0n) is 21.2. The molecule has 3 heterocycles. The molecule has 10 nitrogen and oxygen atoms in total. The number of hydrogen-bond acceptors (Lipinski definition) is 8. The maximum absolute atomic E-state index is 13.6. The molecule has 1 aromatic heterocycles. The molecule has 206 valence electrons. The van der Waals surface area contributed by atoms with Crippen LogP contribution in [0.25, 0.3) is 0 Å². The van der Waals surface area contributed by atoms with Gasteiger partial charge in [-0.15, -0.1) is 0 Å². The average Bonchev–Trinajstić information content (AvgIpc) is 2.93. The Morgan fingerprint density at radius 3 is 2.55 bits per heavy atom. The number of hydrogen-bond donors (Lipinski definition) is 3. The molecule has 38 heavy (non-hydrogen) atoms. The van der Waals surface area contributed by atoms with Crippen molar-refractivity contribution in [2.45, 2.75) is 38.3 Å². The minimum atomic E-state index is -1.03. The molecule has 2 aliphatic rings. The second-order valence-electron chi connectivity index (χ2n) is 9.45. The Morgan fingerprint density at radius 2 is 1.89 bits per heavy atom. The predicted molar refractivity (Wildman–Crippen MR) is 139 cm³/mol. The van der Waals surface area contributed by atoms with Crippen LogP contribution >= 0.6 is 11.6 Å². The van der Waals surface area contributed by atoms with Gasteiger partial charge in [-0.05, 0) is 37.5 Å². The van der Waals surface area contributed by atoms with E-state index < -0.39 is 17.5 Å². The van der Waals surface area contributed by atoms with Crippen LogP contribution < -0.4 is 16.0 Å². The lowest BCUT2D eigenvalue weighted by Gasteiger charge is -2.47. The van der Waals surface area contributed by atoms with Crippen LogP contribution in [0.4, 0.5) is 20.4 Å². The monoisotopic (exact) mass is 551 g/mol. The van der Waals surface area contributed by atoms with E-state index in [-0.39, 0.29) is 53.4 Å². The van der Waals surface area contributed by atoms with Gasteiger partial charge >= 0.3 is 0 Å². The fourth-order valence-electron chi connectivity index (χ4n) is 5.16. The Morgan fingerprint density at radius 1 is 1.16 bits per heavy atom. The van der Waals surface area contributed by atoms with Gasteiger partial charge in [-0.3, -0.25) is 14.5 Å². The summed E-state index contributed by atoms with van der Waals surface area (Å²) in [5, 5.41) is 11.5. The Balaban J connectivity index is 1.38. The third-order valence-electron chi connectivity index (χ3n) is 7.16. The van der Waals surface area contributed by atoms with Gasteiger partial charge in [-0.25, -0.2) is 18.7 Å². The summed E-state index contributed by atoms with van der Waals surface area (Å²) in [7, 11) is 0. The van der Waals surface area contributed by atoms with Crippen LogP contribution in [0.1, 0.15) is 47.0 Å². The highest BCUT2D eigenvalue weighted by Crippen LogP contribution is 2.30. The van der Waals surface area contributed by atoms with E-state index in [2.05, 4.69) is 27.1 Å². The van der Waals surface area contributed by atoms with E-state index in [4.69, 9.17) is 22.4 Å². The minimum Gasteiger partial charge on any atom is -0.395 e. The van der Waals surface area contributed by atoms with Crippen LogP contribution in [0.15, 0.2) is 18.2 Å². The number of anilines is 2. The number of piperazine rings is 1. The highest BCUT2D eigenvalue weighted by molar-refractivity contribution is 6.32.